The number of nitrogens with zero attached hydrogens (tertiary/aromatic N) is 1. The number of amides is 2. The van der Waals surface area contributed by atoms with Crippen molar-refractivity contribution in [3.8, 4) is 0 Å². The minimum absolute atomic E-state index is 0.0274. The van der Waals surface area contributed by atoms with Gasteiger partial charge in [0.2, 0.25) is 0 Å². The Morgan fingerprint density at radius 2 is 1.68 bits per heavy atom. The molecule has 7 heteroatoms. The highest BCUT2D eigenvalue weighted by Crippen LogP contribution is 2.47. The first-order valence-corrected chi connectivity index (χ1v) is 12.5. The maximum absolute atomic E-state index is 14.0. The van der Waals surface area contributed by atoms with E-state index >= 15 is 0 Å². The van der Waals surface area contributed by atoms with Crippen molar-refractivity contribution in [1.29, 1.82) is 0 Å². The number of anilines is 3. The number of hydrogen-bond donors (Lipinski definition) is 2. The molecule has 6 nitrogen and oxygen atoms in total. The predicted octanol–water partition coefficient (Wildman–Crippen LogP) is 7.54. The number of carbonyl (C=O) groups excluding carboxylic acids is 2. The summed E-state index contributed by atoms with van der Waals surface area (Å²) in [7, 11) is 0. The van der Waals surface area contributed by atoms with Gasteiger partial charge in [-0.1, -0.05) is 54.1 Å². The lowest BCUT2D eigenvalue weighted by molar-refractivity contribution is -0.116. The van der Waals surface area contributed by atoms with Crippen molar-refractivity contribution < 1.29 is 14.0 Å². The van der Waals surface area contributed by atoms with E-state index in [0.29, 0.717) is 34.8 Å². The van der Waals surface area contributed by atoms with Crippen LogP contribution in [0.3, 0.4) is 0 Å². The molecule has 3 aromatic carbocycles. The fourth-order valence-electron chi connectivity index (χ4n) is 5.20. The average molecular weight is 510 g/mol. The van der Waals surface area contributed by atoms with E-state index in [2.05, 4.69) is 10.6 Å². The highest BCUT2D eigenvalue weighted by molar-refractivity contribution is 6.30. The molecule has 1 aliphatic carbocycles. The Bertz CT molecular complexity index is 1480. The van der Waals surface area contributed by atoms with Crippen LogP contribution in [-0.2, 0) is 4.79 Å². The number of fused-ring (bicyclic) bond motifs is 1. The van der Waals surface area contributed by atoms with E-state index in [9.17, 15) is 9.59 Å². The van der Waals surface area contributed by atoms with Crippen molar-refractivity contribution in [2.75, 3.05) is 15.5 Å². The van der Waals surface area contributed by atoms with Gasteiger partial charge >= 0.3 is 6.03 Å². The lowest BCUT2D eigenvalue weighted by Crippen LogP contribution is -2.41. The normalized spacial score (nSPS) is 18.9. The summed E-state index contributed by atoms with van der Waals surface area (Å²) < 4.78 is 5.66. The number of allylic oxidation sites excluding steroid dienone is 1. The van der Waals surface area contributed by atoms with Crippen molar-refractivity contribution in [2.24, 2.45) is 0 Å². The number of ketones is 1. The number of rotatable bonds is 3. The predicted molar refractivity (Wildman–Crippen MR) is 145 cm³/mol. The average Bonchev–Trinajstić information content (AvgIpc) is 3.40. The van der Waals surface area contributed by atoms with E-state index in [1.165, 1.54) is 0 Å². The molecule has 2 amide bonds. The van der Waals surface area contributed by atoms with Crippen molar-refractivity contribution in [1.82, 2.24) is 0 Å². The molecule has 1 aliphatic heterocycles. The second-order valence-electron chi connectivity index (χ2n) is 9.20. The van der Waals surface area contributed by atoms with Gasteiger partial charge in [0, 0.05) is 34.3 Å². The first-order valence-electron chi connectivity index (χ1n) is 12.1. The van der Waals surface area contributed by atoms with Gasteiger partial charge in [-0.05, 0) is 60.5 Å². The second-order valence-corrected chi connectivity index (χ2v) is 9.63. The monoisotopic (exact) mass is 509 g/mol. The zero-order valence-corrected chi connectivity index (χ0v) is 20.6. The van der Waals surface area contributed by atoms with Crippen molar-refractivity contribution >= 4 is 40.5 Å². The van der Waals surface area contributed by atoms with Crippen LogP contribution in [-0.4, -0.2) is 11.8 Å². The molecule has 0 saturated carbocycles. The number of carbonyl (C=O) groups is 2. The Balaban J connectivity index is 1.52. The summed E-state index contributed by atoms with van der Waals surface area (Å²) in [6.45, 7) is 0. The zero-order valence-electron chi connectivity index (χ0n) is 19.9. The molecular weight excluding hydrogens is 486 g/mol. The van der Waals surface area contributed by atoms with Crippen LogP contribution in [0.4, 0.5) is 21.9 Å². The standard InChI is InChI=1S/C30H24ClN3O3/c31-21-14-12-19(13-15-21)29-28-24(17-20(18-26(28)35)27-11-6-16-37-27)33-23-9-4-5-10-25(23)34(29)30(36)32-22-7-2-1-3-8-22/h1-16,20,29,33H,17-18H2,(H,32,36)/t20-,29+/m0/s1. The maximum atomic E-state index is 14.0. The fraction of sp³-hybridized carbons (Fsp3) is 0.133. The number of furan rings is 1. The third-order valence-electron chi connectivity index (χ3n) is 6.86. The summed E-state index contributed by atoms with van der Waals surface area (Å²) in [6.07, 6.45) is 2.51. The third kappa shape index (κ3) is 4.41. The third-order valence-corrected chi connectivity index (χ3v) is 7.12. The molecule has 0 saturated heterocycles. The number of para-hydroxylation sites is 3. The van der Waals surface area contributed by atoms with Gasteiger partial charge in [0.25, 0.3) is 0 Å². The molecule has 4 aromatic rings. The number of halogens is 1. The van der Waals surface area contributed by atoms with Crippen LogP contribution in [0, 0.1) is 0 Å². The van der Waals surface area contributed by atoms with Crippen LogP contribution in [0.15, 0.2) is 113 Å². The van der Waals surface area contributed by atoms with Gasteiger partial charge < -0.3 is 15.1 Å². The number of Topliss-reactive ketones (excluding diaryl/α,β-unsaturated/α-hetero) is 1. The maximum Gasteiger partial charge on any atom is 0.327 e. The van der Waals surface area contributed by atoms with Crippen molar-refractivity contribution in [3.05, 3.63) is 125 Å². The smallest absolute Gasteiger partial charge is 0.327 e. The van der Waals surface area contributed by atoms with E-state index in [4.69, 9.17) is 16.0 Å². The molecule has 1 aromatic heterocycles. The Kier molecular flexibility index (Phi) is 6.02. The van der Waals surface area contributed by atoms with Gasteiger partial charge in [-0.2, -0.15) is 0 Å². The highest BCUT2D eigenvalue weighted by atomic mass is 35.5. The molecule has 6 rings (SSSR count). The molecule has 2 N–H and O–H groups in total. The minimum Gasteiger partial charge on any atom is -0.469 e. The molecule has 0 radical (unpaired) electrons. The lowest BCUT2D eigenvalue weighted by atomic mass is 9.80. The molecule has 184 valence electrons. The zero-order chi connectivity index (χ0) is 25.4. The molecule has 0 fully saturated rings. The first-order chi connectivity index (χ1) is 18.1. The molecule has 2 atom stereocenters. The van der Waals surface area contributed by atoms with Crippen LogP contribution in [0.25, 0.3) is 0 Å². The Morgan fingerprint density at radius 1 is 0.919 bits per heavy atom. The van der Waals surface area contributed by atoms with E-state index in [0.717, 1.165) is 22.7 Å². The van der Waals surface area contributed by atoms with Gasteiger partial charge in [0.05, 0.1) is 23.7 Å². The number of urea groups is 1. The molecule has 2 aliphatic rings. The number of hydrogen-bond acceptors (Lipinski definition) is 4. The van der Waals surface area contributed by atoms with Crippen LogP contribution in [0.2, 0.25) is 5.02 Å². The Labute approximate surface area is 219 Å². The minimum atomic E-state index is -0.655. The summed E-state index contributed by atoms with van der Waals surface area (Å²) in [6, 6.07) is 27.0. The summed E-state index contributed by atoms with van der Waals surface area (Å²) in [5.41, 5.74) is 4.25. The van der Waals surface area contributed by atoms with Crippen LogP contribution >= 0.6 is 11.6 Å². The summed E-state index contributed by atoms with van der Waals surface area (Å²) in [5.74, 6) is 0.665. The molecule has 0 spiro atoms. The van der Waals surface area contributed by atoms with Gasteiger partial charge in [0.1, 0.15) is 5.76 Å². The molecule has 0 bridgehead atoms. The van der Waals surface area contributed by atoms with Crippen molar-refractivity contribution in [3.63, 3.8) is 0 Å². The Morgan fingerprint density at radius 3 is 2.43 bits per heavy atom. The fourth-order valence-corrected chi connectivity index (χ4v) is 5.33. The second kappa shape index (κ2) is 9.64. The van der Waals surface area contributed by atoms with Crippen molar-refractivity contribution in [2.45, 2.75) is 24.8 Å². The molecule has 2 heterocycles. The van der Waals surface area contributed by atoms with Gasteiger partial charge in [-0.3, -0.25) is 9.69 Å². The highest BCUT2D eigenvalue weighted by Gasteiger charge is 2.42. The number of benzene rings is 3. The first kappa shape index (κ1) is 23.1. The summed E-state index contributed by atoms with van der Waals surface area (Å²) >= 11 is 6.22. The molecule has 37 heavy (non-hydrogen) atoms. The Hall–Kier alpha value is -4.29. The summed E-state index contributed by atoms with van der Waals surface area (Å²) in [5, 5.41) is 7.11. The van der Waals surface area contributed by atoms with E-state index in [1.54, 1.807) is 23.3 Å². The molecule has 0 unspecified atom stereocenters. The van der Waals surface area contributed by atoms with Crippen LogP contribution in [0.5, 0.6) is 0 Å². The molecular formula is C30H24ClN3O3. The number of nitrogens with one attached hydrogen (secondary N) is 2. The van der Waals surface area contributed by atoms with Gasteiger partial charge in [-0.25, -0.2) is 4.79 Å². The van der Waals surface area contributed by atoms with E-state index in [-0.39, 0.29) is 17.7 Å². The SMILES string of the molecule is O=C1C[C@@H](c2ccco2)CC2=C1[C@@H](c1ccc(Cl)cc1)N(C(=O)Nc1ccccc1)c1ccccc1N2. The summed E-state index contributed by atoms with van der Waals surface area (Å²) in [4.78, 5) is 29.5. The van der Waals surface area contributed by atoms with E-state index in [1.807, 2.05) is 78.9 Å². The van der Waals surface area contributed by atoms with Crippen LogP contribution in [0.1, 0.15) is 36.1 Å². The van der Waals surface area contributed by atoms with Gasteiger partial charge in [0.15, 0.2) is 5.78 Å². The quantitative estimate of drug-likeness (QED) is 0.299. The topological polar surface area (TPSA) is 74.6 Å². The van der Waals surface area contributed by atoms with Crippen LogP contribution < -0.4 is 15.5 Å². The van der Waals surface area contributed by atoms with E-state index < -0.39 is 6.04 Å². The van der Waals surface area contributed by atoms with Gasteiger partial charge in [-0.15, -0.1) is 0 Å². The lowest BCUT2D eigenvalue weighted by Gasteiger charge is -2.34. The largest absolute Gasteiger partial charge is 0.469 e.